The van der Waals surface area contributed by atoms with Crippen molar-refractivity contribution in [3.8, 4) is 5.75 Å². The second-order valence-electron chi connectivity index (χ2n) is 8.98. The number of carbonyl (C=O) groups excluding carboxylic acids is 1. The molecule has 2 aliphatic rings. The fourth-order valence-corrected chi connectivity index (χ4v) is 5.09. The molecule has 166 valence electrons. The number of halogens is 1. The molecule has 4 atom stereocenters. The number of aromatic amines is 1. The molecule has 5 rings (SSSR count). The minimum absolute atomic E-state index is 0.161. The molecule has 0 radical (unpaired) electrons. The number of benzene rings is 2. The molecule has 1 saturated heterocycles. The summed E-state index contributed by atoms with van der Waals surface area (Å²) < 4.78 is 19.1. The third kappa shape index (κ3) is 3.88. The molecule has 0 unspecified atom stereocenters. The molecular weight excluding hydrogens is 411 g/mol. The van der Waals surface area contributed by atoms with Gasteiger partial charge in [0.15, 0.2) is 0 Å². The lowest BCUT2D eigenvalue weighted by molar-refractivity contribution is -0.0231. The van der Waals surface area contributed by atoms with Crippen LogP contribution >= 0.6 is 0 Å². The highest BCUT2D eigenvalue weighted by molar-refractivity contribution is 6.06. The van der Waals surface area contributed by atoms with E-state index in [0.29, 0.717) is 42.8 Å². The smallest absolute Gasteiger partial charge is 0.254 e. The number of fused-ring (bicyclic) bond motifs is 2. The lowest BCUT2D eigenvalue weighted by atomic mass is 9.78. The van der Waals surface area contributed by atoms with Gasteiger partial charge in [0.1, 0.15) is 17.7 Å². The average Bonchev–Trinajstić information content (AvgIpc) is 3.17. The Hall–Kier alpha value is -3.19. The van der Waals surface area contributed by atoms with Crippen molar-refractivity contribution in [3.05, 3.63) is 75.8 Å². The highest BCUT2D eigenvalue weighted by atomic mass is 19.1. The fraction of sp³-hybridized carbons (Fsp3) is 0.360. The molecular formula is C25H25FN2O4. The molecule has 1 saturated carbocycles. The number of hydrogen-bond donors (Lipinski definition) is 2. The Morgan fingerprint density at radius 3 is 2.56 bits per heavy atom. The van der Waals surface area contributed by atoms with E-state index < -0.39 is 12.2 Å². The quantitative estimate of drug-likeness (QED) is 0.660. The van der Waals surface area contributed by atoms with Crippen molar-refractivity contribution in [3.63, 3.8) is 0 Å². The van der Waals surface area contributed by atoms with Crippen molar-refractivity contribution in [2.24, 2.45) is 11.8 Å². The van der Waals surface area contributed by atoms with Gasteiger partial charge in [-0.25, -0.2) is 4.39 Å². The highest BCUT2D eigenvalue weighted by Crippen LogP contribution is 2.38. The van der Waals surface area contributed by atoms with Gasteiger partial charge in [-0.05, 0) is 68.0 Å². The predicted octanol–water partition coefficient (Wildman–Crippen LogP) is 3.27. The number of H-pyrrole nitrogens is 1. The summed E-state index contributed by atoms with van der Waals surface area (Å²) in [4.78, 5) is 30.1. The lowest BCUT2D eigenvalue weighted by Gasteiger charge is -2.35. The molecule has 1 aliphatic heterocycles. The topological polar surface area (TPSA) is 82.6 Å². The van der Waals surface area contributed by atoms with Crippen LogP contribution < -0.4 is 10.3 Å². The van der Waals surface area contributed by atoms with Crippen LogP contribution in [-0.2, 0) is 0 Å². The van der Waals surface area contributed by atoms with Crippen LogP contribution in [0, 0.1) is 24.6 Å². The molecule has 1 amide bonds. The molecule has 0 bridgehead atoms. The largest absolute Gasteiger partial charge is 0.488 e. The summed E-state index contributed by atoms with van der Waals surface area (Å²) in [5.74, 6) is 0.394. The number of amides is 1. The molecule has 2 aromatic carbocycles. The Balaban J connectivity index is 1.35. The van der Waals surface area contributed by atoms with Crippen LogP contribution in [0.1, 0.15) is 28.8 Å². The lowest BCUT2D eigenvalue weighted by Crippen LogP contribution is -2.42. The second-order valence-corrected chi connectivity index (χ2v) is 8.98. The van der Waals surface area contributed by atoms with Crippen LogP contribution in [0.3, 0.4) is 0 Å². The first-order valence-corrected chi connectivity index (χ1v) is 10.9. The maximum absolute atomic E-state index is 13.4. The number of pyridine rings is 1. The predicted molar refractivity (Wildman–Crippen MR) is 118 cm³/mol. The van der Waals surface area contributed by atoms with E-state index in [0.717, 1.165) is 10.9 Å². The second kappa shape index (κ2) is 8.06. The number of aliphatic hydroxyl groups excluding tert-OH is 1. The third-order valence-electron chi connectivity index (χ3n) is 6.70. The van der Waals surface area contributed by atoms with Gasteiger partial charge in [0.2, 0.25) is 5.56 Å². The normalized spacial score (nSPS) is 25.0. The van der Waals surface area contributed by atoms with Crippen molar-refractivity contribution in [1.82, 2.24) is 9.88 Å². The van der Waals surface area contributed by atoms with Crippen LogP contribution in [0.25, 0.3) is 10.9 Å². The molecule has 2 N–H and O–H groups in total. The molecule has 7 heteroatoms. The standard InChI is InChI=1S/C25H25FN2O4/c1-14-2-7-21-19(8-14)20(11-24(30)27-21)25(31)28-12-15-9-22(29)23(10-16(15)13-28)32-18-5-3-17(26)4-6-18/h2-8,11,15-16,22-23,29H,9-10,12-13H2,1H3,(H,27,30)/t15-,16+,22+,23+/m0/s1. The minimum Gasteiger partial charge on any atom is -0.488 e. The van der Waals surface area contributed by atoms with Crippen molar-refractivity contribution in [1.29, 1.82) is 0 Å². The van der Waals surface area contributed by atoms with Gasteiger partial charge in [0.05, 0.1) is 11.7 Å². The maximum Gasteiger partial charge on any atom is 0.254 e. The summed E-state index contributed by atoms with van der Waals surface area (Å²) >= 11 is 0. The van der Waals surface area contributed by atoms with Crippen molar-refractivity contribution >= 4 is 16.8 Å². The monoisotopic (exact) mass is 436 g/mol. The Morgan fingerprint density at radius 2 is 1.81 bits per heavy atom. The summed E-state index contributed by atoms with van der Waals surface area (Å²) in [5.41, 5.74) is 1.76. The van der Waals surface area contributed by atoms with Gasteiger partial charge in [-0.3, -0.25) is 9.59 Å². The number of aliphatic hydroxyl groups is 1. The van der Waals surface area contributed by atoms with E-state index in [1.807, 2.05) is 25.1 Å². The van der Waals surface area contributed by atoms with Crippen LogP contribution in [0.4, 0.5) is 4.39 Å². The molecule has 3 aromatic rings. The number of rotatable bonds is 3. The molecule has 32 heavy (non-hydrogen) atoms. The Morgan fingerprint density at radius 1 is 1.09 bits per heavy atom. The molecule has 6 nitrogen and oxygen atoms in total. The van der Waals surface area contributed by atoms with Crippen LogP contribution in [0.2, 0.25) is 0 Å². The van der Waals surface area contributed by atoms with Gasteiger partial charge in [-0.1, -0.05) is 11.6 Å². The SMILES string of the molecule is Cc1ccc2[nH]c(=O)cc(C(=O)N3C[C@H]4C[C@@H](Oc5ccc(F)cc5)[C@H](O)C[C@H]4C3)c2c1. The van der Waals surface area contributed by atoms with E-state index >= 15 is 0 Å². The minimum atomic E-state index is -0.653. The first kappa shape index (κ1) is 20.7. The van der Waals surface area contributed by atoms with E-state index in [1.54, 1.807) is 17.0 Å². The zero-order valence-corrected chi connectivity index (χ0v) is 17.8. The van der Waals surface area contributed by atoms with Gasteiger partial charge in [-0.15, -0.1) is 0 Å². The number of nitrogens with one attached hydrogen (secondary N) is 1. The summed E-state index contributed by atoms with van der Waals surface area (Å²) in [6.45, 7) is 3.05. The number of nitrogens with zero attached hydrogens (tertiary/aromatic N) is 1. The van der Waals surface area contributed by atoms with Crippen molar-refractivity contribution < 1.29 is 19.0 Å². The van der Waals surface area contributed by atoms with Crippen molar-refractivity contribution in [2.75, 3.05) is 13.1 Å². The first-order chi connectivity index (χ1) is 15.4. The molecule has 1 aromatic heterocycles. The van der Waals surface area contributed by atoms with E-state index in [1.165, 1.54) is 18.2 Å². The summed E-state index contributed by atoms with van der Waals surface area (Å²) in [7, 11) is 0. The number of hydrogen-bond acceptors (Lipinski definition) is 4. The van der Waals surface area contributed by atoms with Gasteiger partial charge in [-0.2, -0.15) is 0 Å². The first-order valence-electron chi connectivity index (χ1n) is 10.9. The highest BCUT2D eigenvalue weighted by Gasteiger charge is 2.44. The van der Waals surface area contributed by atoms with Gasteiger partial charge in [0, 0.05) is 30.1 Å². The summed E-state index contributed by atoms with van der Waals surface area (Å²) in [6, 6.07) is 12.8. The fourth-order valence-electron chi connectivity index (χ4n) is 5.09. The number of aryl methyl sites for hydroxylation is 1. The van der Waals surface area contributed by atoms with Crippen molar-refractivity contribution in [2.45, 2.75) is 32.0 Å². The van der Waals surface area contributed by atoms with E-state index in [4.69, 9.17) is 4.74 Å². The third-order valence-corrected chi connectivity index (χ3v) is 6.70. The van der Waals surface area contributed by atoms with Crippen LogP contribution in [-0.4, -0.2) is 46.2 Å². The number of ether oxygens (including phenoxy) is 1. The van der Waals surface area contributed by atoms with E-state index in [2.05, 4.69) is 4.98 Å². The summed E-state index contributed by atoms with van der Waals surface area (Å²) in [5, 5.41) is 11.4. The van der Waals surface area contributed by atoms with Gasteiger partial charge >= 0.3 is 0 Å². The van der Waals surface area contributed by atoms with E-state index in [-0.39, 0.29) is 29.1 Å². The number of aromatic nitrogens is 1. The van der Waals surface area contributed by atoms with Gasteiger partial charge < -0.3 is 19.7 Å². The van der Waals surface area contributed by atoms with Crippen LogP contribution in [0.5, 0.6) is 5.75 Å². The summed E-state index contributed by atoms with van der Waals surface area (Å²) in [6.07, 6.45) is 0.0943. The van der Waals surface area contributed by atoms with Gasteiger partial charge in [0.25, 0.3) is 5.91 Å². The van der Waals surface area contributed by atoms with Crippen LogP contribution in [0.15, 0.2) is 53.3 Å². The zero-order chi connectivity index (χ0) is 22.4. The zero-order valence-electron chi connectivity index (χ0n) is 17.8. The average molecular weight is 436 g/mol. The maximum atomic E-state index is 13.4. The molecule has 1 aliphatic carbocycles. The Bertz CT molecular complexity index is 1220. The number of carbonyl (C=O) groups is 1. The molecule has 2 heterocycles. The Labute approximate surface area is 184 Å². The number of likely N-dealkylation sites (tertiary alicyclic amines) is 1. The van der Waals surface area contributed by atoms with E-state index in [9.17, 15) is 19.1 Å². The molecule has 0 spiro atoms. The Kier molecular flexibility index (Phi) is 5.21. The molecule has 2 fully saturated rings.